The Balaban J connectivity index is 1.35. The molecule has 0 bridgehead atoms. The highest BCUT2D eigenvalue weighted by Gasteiger charge is 2.16. The summed E-state index contributed by atoms with van der Waals surface area (Å²) in [5.74, 6) is 0.752. The highest BCUT2D eigenvalue weighted by Crippen LogP contribution is 2.18. The topological polar surface area (TPSA) is 94.2 Å². The number of hydrogen-bond acceptors (Lipinski definition) is 5. The molecule has 2 aromatic rings. The number of anilines is 1. The maximum Gasteiger partial charge on any atom is 0.225 e. The second-order valence-corrected chi connectivity index (χ2v) is 7.11. The highest BCUT2D eigenvalue weighted by atomic mass is 16.2. The molecule has 0 aromatic carbocycles. The Hall–Kier alpha value is -2.74. The number of H-pyrrole nitrogens is 1. The van der Waals surface area contributed by atoms with Gasteiger partial charge in [-0.3, -0.25) is 19.7 Å². The minimum atomic E-state index is -0.0106. The van der Waals surface area contributed by atoms with Gasteiger partial charge in [0.2, 0.25) is 11.8 Å². The minimum Gasteiger partial charge on any atom is -0.342 e. The fourth-order valence-electron chi connectivity index (χ4n) is 3.40. The molecule has 8 heteroatoms. The van der Waals surface area contributed by atoms with Crippen LogP contribution in [-0.2, 0) is 9.59 Å². The van der Waals surface area contributed by atoms with E-state index >= 15 is 0 Å². The van der Waals surface area contributed by atoms with Crippen molar-refractivity contribution < 1.29 is 9.59 Å². The predicted molar refractivity (Wildman–Crippen MR) is 108 cm³/mol. The lowest BCUT2D eigenvalue weighted by Crippen LogP contribution is -2.34. The zero-order chi connectivity index (χ0) is 19.8. The van der Waals surface area contributed by atoms with E-state index in [1.807, 2.05) is 23.1 Å². The number of rotatable bonds is 7. The van der Waals surface area contributed by atoms with Crippen LogP contribution in [0.5, 0.6) is 0 Å². The van der Waals surface area contributed by atoms with Crippen LogP contribution in [-0.4, -0.2) is 69.5 Å². The van der Waals surface area contributed by atoms with E-state index in [1.54, 1.807) is 19.3 Å². The quantitative estimate of drug-likeness (QED) is 0.713. The van der Waals surface area contributed by atoms with E-state index in [2.05, 4.69) is 25.4 Å². The molecule has 0 spiro atoms. The highest BCUT2D eigenvalue weighted by molar-refractivity contribution is 5.90. The van der Waals surface area contributed by atoms with Crippen molar-refractivity contribution in [2.24, 2.45) is 0 Å². The number of nitrogens with zero attached hydrogens (tertiary/aromatic N) is 4. The number of amides is 2. The van der Waals surface area contributed by atoms with Crippen molar-refractivity contribution in [1.29, 1.82) is 0 Å². The fourth-order valence-corrected chi connectivity index (χ4v) is 3.40. The van der Waals surface area contributed by atoms with Gasteiger partial charge in [0.15, 0.2) is 0 Å². The van der Waals surface area contributed by atoms with Gasteiger partial charge >= 0.3 is 0 Å². The average Bonchev–Trinajstić information content (AvgIpc) is 3.02. The second kappa shape index (κ2) is 9.98. The van der Waals surface area contributed by atoms with Gasteiger partial charge in [-0.1, -0.05) is 0 Å². The van der Waals surface area contributed by atoms with Crippen LogP contribution in [0.4, 0.5) is 5.82 Å². The van der Waals surface area contributed by atoms with E-state index in [4.69, 9.17) is 0 Å². The molecule has 1 fully saturated rings. The first-order valence-corrected chi connectivity index (χ1v) is 9.85. The molecule has 28 heavy (non-hydrogen) atoms. The molecule has 8 nitrogen and oxygen atoms in total. The van der Waals surface area contributed by atoms with Crippen LogP contribution in [0.1, 0.15) is 32.6 Å². The van der Waals surface area contributed by atoms with Gasteiger partial charge in [0, 0.05) is 57.0 Å². The van der Waals surface area contributed by atoms with Gasteiger partial charge in [-0.25, -0.2) is 0 Å². The Labute approximate surface area is 165 Å². The van der Waals surface area contributed by atoms with Crippen molar-refractivity contribution in [2.75, 3.05) is 38.0 Å². The molecule has 2 aromatic heterocycles. The van der Waals surface area contributed by atoms with Crippen LogP contribution in [0.2, 0.25) is 0 Å². The first-order chi connectivity index (χ1) is 13.6. The number of carbonyl (C=O) groups excluding carboxylic acids is 2. The third-order valence-corrected chi connectivity index (χ3v) is 4.99. The van der Waals surface area contributed by atoms with Gasteiger partial charge in [0.05, 0.1) is 5.69 Å². The average molecular weight is 384 g/mol. The van der Waals surface area contributed by atoms with Crippen molar-refractivity contribution in [3.63, 3.8) is 0 Å². The van der Waals surface area contributed by atoms with Gasteiger partial charge in [-0.15, -0.1) is 0 Å². The van der Waals surface area contributed by atoms with Crippen molar-refractivity contribution in [3.8, 4) is 11.3 Å². The van der Waals surface area contributed by atoms with Crippen LogP contribution in [0, 0.1) is 0 Å². The van der Waals surface area contributed by atoms with Crippen molar-refractivity contribution >= 4 is 17.6 Å². The Morgan fingerprint density at radius 2 is 1.96 bits per heavy atom. The van der Waals surface area contributed by atoms with E-state index in [0.717, 1.165) is 63.2 Å². The van der Waals surface area contributed by atoms with Crippen LogP contribution >= 0.6 is 0 Å². The normalized spacial score (nSPS) is 15.2. The van der Waals surface area contributed by atoms with Crippen LogP contribution in [0.3, 0.4) is 0 Å². The maximum atomic E-state index is 12.2. The van der Waals surface area contributed by atoms with Gasteiger partial charge in [0.25, 0.3) is 0 Å². The molecule has 150 valence electrons. The van der Waals surface area contributed by atoms with Crippen molar-refractivity contribution in [1.82, 2.24) is 25.0 Å². The molecule has 2 amide bonds. The standard InChI is InChI=1S/C20H28N6O2/c1-16(27)26-12-4-11-25(13-14-26)10-3-2-5-20(28)22-19-15-18(23-24-19)17-6-8-21-9-7-17/h6-9,15H,2-5,10-14H2,1H3,(H2,22,23,24,28). The molecule has 1 aliphatic heterocycles. The number of unbranched alkanes of at least 4 members (excludes halogenated alkanes) is 1. The summed E-state index contributed by atoms with van der Waals surface area (Å²) in [4.78, 5) is 31.9. The lowest BCUT2D eigenvalue weighted by Gasteiger charge is -2.20. The molecule has 0 radical (unpaired) electrons. The molecular weight excluding hydrogens is 356 g/mol. The van der Waals surface area contributed by atoms with Crippen LogP contribution in [0.25, 0.3) is 11.3 Å². The number of carbonyl (C=O) groups is 2. The third kappa shape index (κ3) is 5.88. The van der Waals surface area contributed by atoms with Crippen LogP contribution in [0.15, 0.2) is 30.6 Å². The molecule has 3 heterocycles. The lowest BCUT2D eigenvalue weighted by molar-refractivity contribution is -0.128. The zero-order valence-electron chi connectivity index (χ0n) is 16.4. The summed E-state index contributed by atoms with van der Waals surface area (Å²) < 4.78 is 0. The third-order valence-electron chi connectivity index (χ3n) is 4.99. The summed E-state index contributed by atoms with van der Waals surface area (Å²) >= 11 is 0. The number of aromatic amines is 1. The molecular formula is C20H28N6O2. The monoisotopic (exact) mass is 384 g/mol. The Morgan fingerprint density at radius 1 is 1.14 bits per heavy atom. The van der Waals surface area contributed by atoms with E-state index < -0.39 is 0 Å². The number of nitrogens with one attached hydrogen (secondary N) is 2. The first-order valence-electron chi connectivity index (χ1n) is 9.85. The van der Waals surface area contributed by atoms with Gasteiger partial charge in [-0.2, -0.15) is 5.10 Å². The fraction of sp³-hybridized carbons (Fsp3) is 0.500. The SMILES string of the molecule is CC(=O)N1CCCN(CCCCC(=O)Nc2cc(-c3ccncc3)n[nH]2)CC1. The number of pyridine rings is 1. The minimum absolute atomic E-state index is 0.0106. The predicted octanol–water partition coefficient (Wildman–Crippen LogP) is 2.13. The Bertz CT molecular complexity index is 776. The summed E-state index contributed by atoms with van der Waals surface area (Å²) in [6.07, 6.45) is 6.73. The summed E-state index contributed by atoms with van der Waals surface area (Å²) in [6, 6.07) is 5.58. The van der Waals surface area contributed by atoms with Gasteiger partial charge in [-0.05, 0) is 44.5 Å². The van der Waals surface area contributed by atoms with Crippen molar-refractivity contribution in [3.05, 3.63) is 30.6 Å². The largest absolute Gasteiger partial charge is 0.342 e. The Morgan fingerprint density at radius 3 is 2.75 bits per heavy atom. The van der Waals surface area contributed by atoms with Crippen molar-refractivity contribution in [2.45, 2.75) is 32.6 Å². The Kier molecular flexibility index (Phi) is 7.13. The van der Waals surface area contributed by atoms with Gasteiger partial charge < -0.3 is 15.1 Å². The van der Waals surface area contributed by atoms with Gasteiger partial charge in [0.1, 0.15) is 5.82 Å². The molecule has 0 saturated carbocycles. The summed E-state index contributed by atoms with van der Waals surface area (Å²) in [5, 5.41) is 9.95. The summed E-state index contributed by atoms with van der Waals surface area (Å²) in [5.41, 5.74) is 1.73. The molecule has 0 aliphatic carbocycles. The van der Waals surface area contributed by atoms with E-state index in [0.29, 0.717) is 12.2 Å². The molecule has 1 aliphatic rings. The number of aromatic nitrogens is 3. The van der Waals surface area contributed by atoms with E-state index in [-0.39, 0.29) is 11.8 Å². The molecule has 0 atom stereocenters. The lowest BCUT2D eigenvalue weighted by atomic mass is 10.2. The van der Waals surface area contributed by atoms with E-state index in [1.165, 1.54) is 0 Å². The first kappa shape index (κ1) is 20.0. The maximum absolute atomic E-state index is 12.2. The second-order valence-electron chi connectivity index (χ2n) is 7.11. The summed E-state index contributed by atoms with van der Waals surface area (Å²) in [6.45, 7) is 6.18. The number of hydrogen-bond donors (Lipinski definition) is 2. The zero-order valence-corrected chi connectivity index (χ0v) is 16.4. The molecule has 3 rings (SSSR count). The van der Waals surface area contributed by atoms with Crippen LogP contribution < -0.4 is 5.32 Å². The molecule has 2 N–H and O–H groups in total. The molecule has 0 unspecified atom stereocenters. The molecule has 1 saturated heterocycles. The summed E-state index contributed by atoms with van der Waals surface area (Å²) in [7, 11) is 0. The smallest absolute Gasteiger partial charge is 0.225 e. The van der Waals surface area contributed by atoms with E-state index in [9.17, 15) is 9.59 Å².